The van der Waals surface area contributed by atoms with Crippen LogP contribution in [0.1, 0.15) is 10.9 Å². The van der Waals surface area contributed by atoms with E-state index in [0.29, 0.717) is 0 Å². The third kappa shape index (κ3) is 2.96. The number of aliphatic carboxylic acids is 1. The lowest BCUT2D eigenvalue weighted by Crippen LogP contribution is -2.41. The Hall–Kier alpha value is -1.57. The number of thiophene rings is 1. The van der Waals surface area contributed by atoms with Gasteiger partial charge in [-0.2, -0.15) is 13.2 Å². The van der Waals surface area contributed by atoms with Crippen LogP contribution in [-0.2, 0) is 9.59 Å². The van der Waals surface area contributed by atoms with Crippen LogP contribution in [0.3, 0.4) is 0 Å². The number of alkyl halides is 3. The highest BCUT2D eigenvalue weighted by atomic mass is 32.1. The number of rotatable bonds is 3. The van der Waals surface area contributed by atoms with E-state index in [9.17, 15) is 22.8 Å². The van der Waals surface area contributed by atoms with Gasteiger partial charge in [0.15, 0.2) is 6.04 Å². The van der Waals surface area contributed by atoms with Gasteiger partial charge in [0.1, 0.15) is 0 Å². The molecule has 1 rings (SSSR count). The van der Waals surface area contributed by atoms with Crippen molar-refractivity contribution in [1.29, 1.82) is 0 Å². The zero-order chi connectivity index (χ0) is 12.3. The van der Waals surface area contributed by atoms with Crippen LogP contribution in [0, 0.1) is 0 Å². The van der Waals surface area contributed by atoms with Crippen LogP contribution in [0.15, 0.2) is 17.5 Å². The topological polar surface area (TPSA) is 66.4 Å². The van der Waals surface area contributed by atoms with Crippen LogP contribution in [-0.4, -0.2) is 23.2 Å². The molecule has 1 heterocycles. The number of nitrogens with one attached hydrogen (secondary N) is 1. The molecule has 1 aromatic heterocycles. The Balaban J connectivity index is 2.83. The number of halogens is 3. The van der Waals surface area contributed by atoms with Crippen LogP contribution in [0.4, 0.5) is 13.2 Å². The van der Waals surface area contributed by atoms with E-state index in [1.807, 2.05) is 0 Å². The van der Waals surface area contributed by atoms with Gasteiger partial charge in [-0.3, -0.25) is 4.79 Å². The molecular weight excluding hydrogens is 247 g/mol. The maximum absolute atomic E-state index is 11.9. The van der Waals surface area contributed by atoms with Crippen LogP contribution >= 0.6 is 11.3 Å². The Morgan fingerprint density at radius 3 is 2.44 bits per heavy atom. The van der Waals surface area contributed by atoms with Crippen molar-refractivity contribution >= 4 is 23.2 Å². The molecule has 0 aliphatic carbocycles. The highest BCUT2D eigenvalue weighted by Crippen LogP contribution is 2.22. The second-order valence-electron chi connectivity index (χ2n) is 2.76. The summed E-state index contributed by atoms with van der Waals surface area (Å²) in [5.74, 6) is -3.81. The molecule has 1 amide bonds. The molecule has 4 nitrogen and oxygen atoms in total. The lowest BCUT2D eigenvalue weighted by Gasteiger charge is -2.14. The number of carbonyl (C=O) groups excluding carboxylic acids is 1. The number of hydrogen-bond donors (Lipinski definition) is 2. The van der Waals surface area contributed by atoms with Crippen molar-refractivity contribution in [2.75, 3.05) is 0 Å². The van der Waals surface area contributed by atoms with E-state index in [-0.39, 0.29) is 4.88 Å². The monoisotopic (exact) mass is 253 g/mol. The third-order valence-electron chi connectivity index (χ3n) is 1.61. The largest absolute Gasteiger partial charge is 0.479 e. The summed E-state index contributed by atoms with van der Waals surface area (Å²) < 4.78 is 35.7. The summed E-state index contributed by atoms with van der Waals surface area (Å²) in [5.41, 5.74) is 0. The fraction of sp³-hybridized carbons (Fsp3) is 0.250. The zero-order valence-electron chi connectivity index (χ0n) is 7.62. The second-order valence-corrected chi connectivity index (χ2v) is 3.74. The van der Waals surface area contributed by atoms with E-state index in [1.54, 1.807) is 0 Å². The van der Waals surface area contributed by atoms with Gasteiger partial charge in [0.25, 0.3) is 0 Å². The maximum atomic E-state index is 11.9. The predicted molar refractivity (Wildman–Crippen MR) is 48.9 cm³/mol. The fourth-order valence-corrected chi connectivity index (χ4v) is 1.69. The zero-order valence-corrected chi connectivity index (χ0v) is 8.43. The van der Waals surface area contributed by atoms with Crippen LogP contribution < -0.4 is 5.32 Å². The molecule has 0 aliphatic heterocycles. The molecule has 0 aliphatic rings. The summed E-state index contributed by atoms with van der Waals surface area (Å²) in [6.07, 6.45) is -5.09. The second kappa shape index (κ2) is 4.52. The number of hydrogen-bond acceptors (Lipinski definition) is 3. The van der Waals surface area contributed by atoms with Crippen molar-refractivity contribution in [3.8, 4) is 0 Å². The van der Waals surface area contributed by atoms with E-state index in [4.69, 9.17) is 5.11 Å². The molecule has 0 radical (unpaired) electrons. The van der Waals surface area contributed by atoms with Crippen molar-refractivity contribution in [3.63, 3.8) is 0 Å². The Labute approximate surface area is 91.7 Å². The lowest BCUT2D eigenvalue weighted by atomic mass is 10.2. The normalized spacial score (nSPS) is 13.2. The van der Waals surface area contributed by atoms with Gasteiger partial charge in [0, 0.05) is 4.88 Å². The van der Waals surface area contributed by atoms with E-state index < -0.39 is 24.1 Å². The molecule has 1 atom stereocenters. The highest BCUT2D eigenvalue weighted by molar-refractivity contribution is 7.10. The van der Waals surface area contributed by atoms with Crippen LogP contribution in [0.25, 0.3) is 0 Å². The predicted octanol–water partition coefficient (Wildman–Crippen LogP) is 1.55. The lowest BCUT2D eigenvalue weighted by molar-refractivity contribution is -0.175. The summed E-state index contributed by atoms with van der Waals surface area (Å²) in [4.78, 5) is 21.4. The van der Waals surface area contributed by atoms with E-state index in [2.05, 4.69) is 0 Å². The molecule has 2 N–H and O–H groups in total. The molecule has 88 valence electrons. The van der Waals surface area contributed by atoms with Gasteiger partial charge < -0.3 is 10.4 Å². The van der Waals surface area contributed by atoms with E-state index >= 15 is 0 Å². The summed E-state index contributed by atoms with van der Waals surface area (Å²) in [7, 11) is 0. The molecule has 0 spiro atoms. The van der Waals surface area contributed by atoms with Crippen molar-refractivity contribution in [1.82, 2.24) is 5.32 Å². The van der Waals surface area contributed by atoms with E-state index in [1.165, 1.54) is 22.8 Å². The molecule has 0 saturated carbocycles. The minimum absolute atomic E-state index is 0.130. The maximum Gasteiger partial charge on any atom is 0.471 e. The standard InChI is InChI=1S/C8H6F3NO3S/c9-8(10,11)7(15)12-5(6(13)14)4-2-1-3-16-4/h1-3,5H,(H,12,15)(H,13,14). The van der Waals surface area contributed by atoms with Crippen LogP contribution in [0.2, 0.25) is 0 Å². The SMILES string of the molecule is O=C(O)C(NC(=O)C(F)(F)F)c1cccs1. The Bertz CT molecular complexity index is 388. The average molecular weight is 253 g/mol. The van der Waals surface area contributed by atoms with Gasteiger partial charge in [-0.15, -0.1) is 11.3 Å². The first kappa shape index (κ1) is 12.5. The van der Waals surface area contributed by atoms with Crippen molar-refractivity contribution in [2.45, 2.75) is 12.2 Å². The molecule has 0 fully saturated rings. The summed E-state index contributed by atoms with van der Waals surface area (Å²) in [6, 6.07) is 1.14. The van der Waals surface area contributed by atoms with Gasteiger partial charge in [-0.05, 0) is 11.4 Å². The number of carboxylic acids is 1. The third-order valence-corrected chi connectivity index (χ3v) is 2.54. The molecule has 0 bridgehead atoms. The highest BCUT2D eigenvalue weighted by Gasteiger charge is 2.41. The fourth-order valence-electron chi connectivity index (χ4n) is 0.923. The van der Waals surface area contributed by atoms with Gasteiger partial charge in [0.05, 0.1) is 0 Å². The van der Waals surface area contributed by atoms with Gasteiger partial charge in [-0.1, -0.05) is 6.07 Å². The first-order chi connectivity index (χ1) is 7.32. The summed E-state index contributed by atoms with van der Waals surface area (Å²) >= 11 is 0.949. The average Bonchev–Trinajstić information content (AvgIpc) is 2.63. The van der Waals surface area contributed by atoms with Gasteiger partial charge >= 0.3 is 18.1 Å². The Morgan fingerprint density at radius 1 is 1.44 bits per heavy atom. The molecule has 1 aromatic rings. The first-order valence-corrected chi connectivity index (χ1v) is 4.84. The van der Waals surface area contributed by atoms with Crippen molar-refractivity contribution < 1.29 is 27.9 Å². The van der Waals surface area contributed by atoms with Crippen LogP contribution in [0.5, 0.6) is 0 Å². The van der Waals surface area contributed by atoms with Gasteiger partial charge in [0.2, 0.25) is 0 Å². The summed E-state index contributed by atoms with van der Waals surface area (Å²) in [5, 5.41) is 11.6. The quantitative estimate of drug-likeness (QED) is 0.858. The number of carboxylic acid groups (broad SMARTS) is 1. The minimum Gasteiger partial charge on any atom is -0.479 e. The minimum atomic E-state index is -5.09. The summed E-state index contributed by atoms with van der Waals surface area (Å²) in [6.45, 7) is 0. The Kier molecular flexibility index (Phi) is 3.53. The smallest absolute Gasteiger partial charge is 0.471 e. The van der Waals surface area contributed by atoms with Crippen molar-refractivity contribution in [3.05, 3.63) is 22.4 Å². The molecule has 1 unspecified atom stereocenters. The van der Waals surface area contributed by atoms with Crippen molar-refractivity contribution in [2.24, 2.45) is 0 Å². The molecule has 0 saturated heterocycles. The Morgan fingerprint density at radius 2 is 2.06 bits per heavy atom. The number of amides is 1. The van der Waals surface area contributed by atoms with E-state index in [0.717, 1.165) is 11.3 Å². The first-order valence-electron chi connectivity index (χ1n) is 3.96. The molecule has 8 heteroatoms. The molecule has 0 aromatic carbocycles. The number of carbonyl (C=O) groups is 2. The molecule has 16 heavy (non-hydrogen) atoms. The van der Waals surface area contributed by atoms with Gasteiger partial charge in [-0.25, -0.2) is 4.79 Å². The molecular formula is C8H6F3NO3S.